The second-order valence-electron chi connectivity index (χ2n) is 10.0. The van der Waals surface area contributed by atoms with Crippen LogP contribution in [0.3, 0.4) is 0 Å². The molecule has 3 aliphatic rings. The number of para-hydroxylation sites is 1. The van der Waals surface area contributed by atoms with Crippen molar-refractivity contribution < 1.29 is 34.8 Å². The molecule has 0 amide bonds. The van der Waals surface area contributed by atoms with Crippen molar-refractivity contribution in [1.82, 2.24) is 14.6 Å². The minimum Gasteiger partial charge on any atom is -0.298 e. The summed E-state index contributed by atoms with van der Waals surface area (Å²) < 4.78 is 111. The second kappa shape index (κ2) is 9.90. The van der Waals surface area contributed by atoms with E-state index in [2.05, 4.69) is 21.2 Å². The Kier molecular flexibility index (Phi) is 7.01. The Morgan fingerprint density at radius 1 is 1.03 bits per heavy atom. The van der Waals surface area contributed by atoms with Crippen molar-refractivity contribution in [1.29, 1.82) is 0 Å². The van der Waals surface area contributed by atoms with E-state index in [1.54, 1.807) is 30.3 Å². The zero-order chi connectivity index (χ0) is 28.2. The van der Waals surface area contributed by atoms with Crippen LogP contribution >= 0.6 is 0 Å². The molecule has 1 N–H and O–H groups in total. The molecule has 2 aromatic carbocycles. The molecule has 4 heterocycles. The van der Waals surface area contributed by atoms with Crippen LogP contribution in [0, 0.1) is 11.8 Å². The lowest BCUT2D eigenvalue weighted by Crippen LogP contribution is -2.57. The van der Waals surface area contributed by atoms with Gasteiger partial charge in [-0.05, 0) is 67.1 Å². The molecule has 1 unspecified atom stereocenters. The summed E-state index contributed by atoms with van der Waals surface area (Å²) in [5.41, 5.74) is -2.27. The lowest BCUT2D eigenvalue weighted by molar-refractivity contribution is -0.143. The van der Waals surface area contributed by atoms with Gasteiger partial charge in [0.1, 0.15) is 0 Å². The van der Waals surface area contributed by atoms with Crippen LogP contribution in [0.15, 0.2) is 72.3 Å². The molecule has 2 bridgehead atoms. The number of pyridine rings is 1. The first kappa shape index (κ1) is 27.6. The van der Waals surface area contributed by atoms with Crippen LogP contribution in [-0.2, 0) is 22.4 Å². The van der Waals surface area contributed by atoms with E-state index < -0.39 is 44.4 Å². The fourth-order valence-corrected chi connectivity index (χ4v) is 7.10. The van der Waals surface area contributed by atoms with Crippen molar-refractivity contribution in [3.63, 3.8) is 0 Å². The minimum absolute atomic E-state index is 0.0892. The summed E-state index contributed by atoms with van der Waals surface area (Å²) in [6.45, 7) is 5.21. The number of aromatic nitrogens is 1. The summed E-state index contributed by atoms with van der Waals surface area (Å²) in [4.78, 5) is 5.33. The number of benzene rings is 2. The topological polar surface area (TPSA) is 62.3 Å². The van der Waals surface area contributed by atoms with E-state index in [1.807, 2.05) is 6.08 Å². The summed E-state index contributed by atoms with van der Waals surface area (Å²) in [6.07, 6.45) is -5.52. The average molecular weight is 570 g/mol. The molecule has 208 valence electrons. The van der Waals surface area contributed by atoms with Gasteiger partial charge in [-0.15, -0.1) is 6.58 Å². The van der Waals surface area contributed by atoms with Gasteiger partial charge in [0.15, 0.2) is 0 Å². The van der Waals surface area contributed by atoms with Crippen LogP contribution in [0.5, 0.6) is 0 Å². The highest BCUT2D eigenvalue weighted by molar-refractivity contribution is 7.89. The van der Waals surface area contributed by atoms with Gasteiger partial charge >= 0.3 is 12.4 Å². The molecule has 3 aliphatic heterocycles. The number of nitrogens with one attached hydrogen (secondary N) is 1. The van der Waals surface area contributed by atoms with Gasteiger partial charge in [-0.25, -0.2) is 13.1 Å². The predicted octanol–water partition coefficient (Wildman–Crippen LogP) is 6.19. The number of hydrogen-bond acceptors (Lipinski definition) is 4. The van der Waals surface area contributed by atoms with E-state index >= 15 is 0 Å². The third-order valence-corrected chi connectivity index (χ3v) is 9.13. The van der Waals surface area contributed by atoms with E-state index in [4.69, 9.17) is 0 Å². The molecule has 3 aromatic rings. The first-order valence-electron chi connectivity index (χ1n) is 12.3. The number of halogens is 6. The number of fused-ring (bicyclic) bond motifs is 4. The highest BCUT2D eigenvalue weighted by Gasteiger charge is 2.45. The van der Waals surface area contributed by atoms with Crippen LogP contribution in [0.25, 0.3) is 10.9 Å². The molecule has 0 saturated carbocycles. The minimum atomic E-state index is -5.18. The quantitative estimate of drug-likeness (QED) is 0.284. The molecule has 39 heavy (non-hydrogen) atoms. The summed E-state index contributed by atoms with van der Waals surface area (Å²) >= 11 is 0. The largest absolute Gasteiger partial charge is 0.416 e. The maximum Gasteiger partial charge on any atom is 0.416 e. The monoisotopic (exact) mass is 569 g/mol. The van der Waals surface area contributed by atoms with Crippen molar-refractivity contribution in [3.8, 4) is 0 Å². The molecule has 0 spiro atoms. The lowest BCUT2D eigenvalue weighted by atomic mass is 9.73. The fraction of sp³-hybridized carbons (Fsp3) is 0.370. The number of rotatable bonds is 6. The molecular formula is C27H25F6N3O2S. The zero-order valence-corrected chi connectivity index (χ0v) is 21.3. The number of sulfonamides is 1. The first-order chi connectivity index (χ1) is 18.3. The van der Waals surface area contributed by atoms with Crippen molar-refractivity contribution in [2.45, 2.75) is 42.2 Å². The number of nitrogens with zero attached hydrogens (tertiary/aromatic N) is 2. The maximum atomic E-state index is 13.6. The van der Waals surface area contributed by atoms with E-state index in [0.29, 0.717) is 36.0 Å². The van der Waals surface area contributed by atoms with Crippen molar-refractivity contribution >= 4 is 20.9 Å². The third kappa shape index (κ3) is 5.42. The zero-order valence-electron chi connectivity index (χ0n) is 20.5. The summed E-state index contributed by atoms with van der Waals surface area (Å²) in [7, 11) is -4.84. The molecule has 12 heteroatoms. The highest BCUT2D eigenvalue weighted by Crippen LogP contribution is 2.43. The maximum absolute atomic E-state index is 13.6. The third-order valence-electron chi connectivity index (χ3n) is 7.71. The van der Waals surface area contributed by atoms with Gasteiger partial charge < -0.3 is 0 Å². The molecule has 0 radical (unpaired) electrons. The first-order valence-corrected chi connectivity index (χ1v) is 13.8. The molecule has 3 fully saturated rings. The second-order valence-corrected chi connectivity index (χ2v) is 11.7. The summed E-state index contributed by atoms with van der Waals surface area (Å²) in [5, 5.41) is 0.635. The standard InChI is InChI=1S/C27H25F6N3O2S/c1-2-16-15-36-10-8-17(16)11-24(36)25(22-7-9-34-23-6-4-3-5-21(22)23)35-39(37,38)20-13-18(26(28,29)30)12-19(14-20)27(31,32)33/h2-7,9,12-14,16-17,24-25,35H,1,8,10-11,15H2/t16-,17-,24+,25+/m0/s1. The van der Waals surface area contributed by atoms with Gasteiger partial charge in [0, 0.05) is 24.2 Å². The van der Waals surface area contributed by atoms with E-state index in [9.17, 15) is 34.8 Å². The Morgan fingerprint density at radius 2 is 1.69 bits per heavy atom. The number of piperidine rings is 3. The predicted molar refractivity (Wildman–Crippen MR) is 133 cm³/mol. The Hall–Kier alpha value is -2.96. The molecule has 1 aromatic heterocycles. The Balaban J connectivity index is 1.62. The van der Waals surface area contributed by atoms with Crippen molar-refractivity contribution in [2.75, 3.05) is 13.1 Å². The van der Waals surface area contributed by atoms with E-state index in [-0.39, 0.29) is 36.1 Å². The smallest absolute Gasteiger partial charge is 0.298 e. The fourth-order valence-electron chi connectivity index (χ4n) is 5.78. The van der Waals surface area contributed by atoms with E-state index in [1.165, 1.54) is 6.20 Å². The van der Waals surface area contributed by atoms with Crippen LogP contribution in [0.1, 0.15) is 35.6 Å². The summed E-state index contributed by atoms with van der Waals surface area (Å²) in [6, 6.07) is 7.70. The lowest BCUT2D eigenvalue weighted by Gasteiger charge is -2.51. The van der Waals surface area contributed by atoms with Crippen LogP contribution in [0.2, 0.25) is 0 Å². The Morgan fingerprint density at radius 3 is 2.28 bits per heavy atom. The van der Waals surface area contributed by atoms with E-state index in [0.717, 1.165) is 6.42 Å². The highest BCUT2D eigenvalue weighted by atomic mass is 32.2. The van der Waals surface area contributed by atoms with Gasteiger partial charge in [0.2, 0.25) is 10.0 Å². The van der Waals surface area contributed by atoms with Gasteiger partial charge in [0.05, 0.1) is 27.6 Å². The normalized spacial score (nSPS) is 24.6. The SMILES string of the molecule is C=C[C@H]1CN2CC[C@H]1C[C@@H]2[C@H](NS(=O)(=O)c1cc(C(F)(F)F)cc(C(F)(F)F)c1)c1ccnc2ccccc12. The van der Waals surface area contributed by atoms with Crippen LogP contribution in [0.4, 0.5) is 26.3 Å². The molecule has 6 rings (SSSR count). The molecule has 5 atom stereocenters. The molecule has 3 saturated heterocycles. The van der Waals surface area contributed by atoms with Gasteiger partial charge in [-0.2, -0.15) is 26.3 Å². The molecule has 0 aliphatic carbocycles. The molecule has 5 nitrogen and oxygen atoms in total. The van der Waals surface area contributed by atoms with Crippen molar-refractivity contribution in [3.05, 3.63) is 84.1 Å². The summed E-state index contributed by atoms with van der Waals surface area (Å²) in [5.74, 6) is 0.433. The van der Waals surface area contributed by atoms with Gasteiger partial charge in [-0.3, -0.25) is 9.88 Å². The van der Waals surface area contributed by atoms with Crippen molar-refractivity contribution in [2.24, 2.45) is 11.8 Å². The Labute approximate surface area is 221 Å². The average Bonchev–Trinajstić information content (AvgIpc) is 2.90. The Bertz CT molecular complexity index is 1470. The molecular weight excluding hydrogens is 544 g/mol. The van der Waals surface area contributed by atoms with Gasteiger partial charge in [-0.1, -0.05) is 24.3 Å². The number of alkyl halides is 6. The van der Waals surface area contributed by atoms with Crippen LogP contribution in [-0.4, -0.2) is 37.4 Å². The van der Waals surface area contributed by atoms with Gasteiger partial charge in [0.25, 0.3) is 0 Å². The number of hydrogen-bond donors (Lipinski definition) is 1. The van der Waals surface area contributed by atoms with Crippen LogP contribution < -0.4 is 4.72 Å².